The number of para-hydroxylation sites is 1. The normalized spacial score (nSPS) is 10.8. The number of hydrogen-bond acceptors (Lipinski definition) is 3. The number of hydrogen-bond donors (Lipinski definition) is 1. The Labute approximate surface area is 128 Å². The van der Waals surface area contributed by atoms with Crippen LogP contribution in [-0.4, -0.2) is 19.6 Å². The Morgan fingerprint density at radius 3 is 2.81 bits per heavy atom. The topological polar surface area (TPSA) is 47.7 Å². The molecular weight excluding hydrogens is 286 g/mol. The fourth-order valence-corrected chi connectivity index (χ4v) is 2.57. The molecule has 6 heteroatoms. The molecule has 108 valence electrons. The van der Waals surface area contributed by atoms with Crippen molar-refractivity contribution in [1.82, 2.24) is 19.6 Å². The van der Waals surface area contributed by atoms with Crippen molar-refractivity contribution in [1.29, 1.82) is 0 Å². The number of rotatable bonds is 4. The van der Waals surface area contributed by atoms with E-state index in [0.717, 1.165) is 22.6 Å². The Morgan fingerprint density at radius 1 is 1.29 bits per heavy atom. The summed E-state index contributed by atoms with van der Waals surface area (Å²) in [6.07, 6.45) is 5.63. The molecule has 5 nitrogen and oxygen atoms in total. The van der Waals surface area contributed by atoms with Crippen LogP contribution in [0.15, 0.2) is 42.9 Å². The van der Waals surface area contributed by atoms with E-state index in [-0.39, 0.29) is 0 Å². The second-order valence-corrected chi connectivity index (χ2v) is 5.26. The van der Waals surface area contributed by atoms with E-state index in [2.05, 4.69) is 15.5 Å². The molecule has 0 unspecified atom stereocenters. The maximum Gasteiger partial charge on any atom is 0.106 e. The van der Waals surface area contributed by atoms with Gasteiger partial charge in [0.1, 0.15) is 5.69 Å². The molecule has 21 heavy (non-hydrogen) atoms. The molecule has 0 aliphatic rings. The van der Waals surface area contributed by atoms with Gasteiger partial charge in [0.25, 0.3) is 0 Å². The van der Waals surface area contributed by atoms with Crippen LogP contribution in [0.25, 0.3) is 5.69 Å². The first-order valence-electron chi connectivity index (χ1n) is 6.66. The van der Waals surface area contributed by atoms with E-state index in [1.165, 1.54) is 0 Å². The van der Waals surface area contributed by atoms with E-state index in [9.17, 15) is 0 Å². The standard InChI is InChI=1S/C15H16ClN5/c1-11-12(10-20(2)19-11)9-17-14-6-3-5-13(16)15(14)21-8-4-7-18-21/h3-8,10,17H,9H2,1-2H3. The van der Waals surface area contributed by atoms with Crippen LogP contribution in [0, 0.1) is 6.92 Å². The average molecular weight is 302 g/mol. The van der Waals surface area contributed by atoms with Crippen molar-refractivity contribution in [3.05, 3.63) is 59.1 Å². The zero-order valence-corrected chi connectivity index (χ0v) is 12.7. The Balaban J connectivity index is 1.89. The minimum atomic E-state index is 0.659. The molecule has 0 bridgehead atoms. The number of anilines is 1. The van der Waals surface area contributed by atoms with Crippen molar-refractivity contribution < 1.29 is 0 Å². The van der Waals surface area contributed by atoms with E-state index in [1.54, 1.807) is 10.9 Å². The monoisotopic (exact) mass is 301 g/mol. The van der Waals surface area contributed by atoms with Crippen LogP contribution in [0.3, 0.4) is 0 Å². The molecule has 0 spiro atoms. The summed E-state index contributed by atoms with van der Waals surface area (Å²) in [6.45, 7) is 2.69. The number of aryl methyl sites for hydroxylation is 2. The number of nitrogens with one attached hydrogen (secondary N) is 1. The van der Waals surface area contributed by atoms with Crippen LogP contribution in [-0.2, 0) is 13.6 Å². The van der Waals surface area contributed by atoms with Crippen LogP contribution in [0.4, 0.5) is 5.69 Å². The zero-order valence-electron chi connectivity index (χ0n) is 11.9. The van der Waals surface area contributed by atoms with Gasteiger partial charge in [-0.2, -0.15) is 10.2 Å². The summed E-state index contributed by atoms with van der Waals surface area (Å²) in [5.41, 5.74) is 3.97. The molecule has 2 aromatic heterocycles. The second-order valence-electron chi connectivity index (χ2n) is 4.85. The van der Waals surface area contributed by atoms with Crippen LogP contribution < -0.4 is 5.32 Å². The predicted molar refractivity (Wildman–Crippen MR) is 83.8 cm³/mol. The molecule has 2 heterocycles. The quantitative estimate of drug-likeness (QED) is 0.805. The summed E-state index contributed by atoms with van der Waals surface area (Å²) in [5, 5.41) is 12.7. The summed E-state index contributed by atoms with van der Waals surface area (Å²) >= 11 is 6.32. The minimum Gasteiger partial charge on any atom is -0.379 e. The highest BCUT2D eigenvalue weighted by molar-refractivity contribution is 6.33. The lowest BCUT2D eigenvalue weighted by Crippen LogP contribution is -2.05. The summed E-state index contributed by atoms with van der Waals surface area (Å²) in [4.78, 5) is 0. The molecule has 1 aromatic carbocycles. The molecule has 1 N–H and O–H groups in total. The van der Waals surface area contributed by atoms with Crippen molar-refractivity contribution in [2.24, 2.45) is 7.05 Å². The van der Waals surface area contributed by atoms with Gasteiger partial charge in [-0.05, 0) is 25.1 Å². The molecule has 0 atom stereocenters. The Kier molecular flexibility index (Phi) is 3.66. The van der Waals surface area contributed by atoms with E-state index in [4.69, 9.17) is 11.6 Å². The number of aromatic nitrogens is 4. The highest BCUT2D eigenvalue weighted by atomic mass is 35.5. The van der Waals surface area contributed by atoms with Crippen molar-refractivity contribution in [3.8, 4) is 5.69 Å². The van der Waals surface area contributed by atoms with Crippen molar-refractivity contribution in [2.45, 2.75) is 13.5 Å². The van der Waals surface area contributed by atoms with Crippen LogP contribution in [0.5, 0.6) is 0 Å². The zero-order chi connectivity index (χ0) is 14.8. The summed E-state index contributed by atoms with van der Waals surface area (Å²) in [6, 6.07) is 7.65. The first-order chi connectivity index (χ1) is 10.1. The number of benzene rings is 1. The highest BCUT2D eigenvalue weighted by Gasteiger charge is 2.10. The SMILES string of the molecule is Cc1nn(C)cc1CNc1cccc(Cl)c1-n1cccn1. The molecule has 0 aliphatic heterocycles. The average Bonchev–Trinajstić information content (AvgIpc) is 3.06. The molecule has 0 radical (unpaired) electrons. The summed E-state index contributed by atoms with van der Waals surface area (Å²) < 4.78 is 3.58. The van der Waals surface area contributed by atoms with Crippen LogP contribution in [0.2, 0.25) is 5.02 Å². The van der Waals surface area contributed by atoms with Gasteiger partial charge in [-0.15, -0.1) is 0 Å². The molecule has 3 aromatic rings. The Hall–Kier alpha value is -2.27. The van der Waals surface area contributed by atoms with Gasteiger partial charge in [0, 0.05) is 37.7 Å². The third-order valence-corrected chi connectivity index (χ3v) is 3.61. The lowest BCUT2D eigenvalue weighted by molar-refractivity contribution is 0.756. The second kappa shape index (κ2) is 5.61. The van der Waals surface area contributed by atoms with Gasteiger partial charge in [0.2, 0.25) is 0 Å². The van der Waals surface area contributed by atoms with E-state index in [0.29, 0.717) is 11.6 Å². The third-order valence-electron chi connectivity index (χ3n) is 3.30. The minimum absolute atomic E-state index is 0.659. The molecule has 0 saturated carbocycles. The lowest BCUT2D eigenvalue weighted by atomic mass is 10.2. The number of halogens is 1. The van der Waals surface area contributed by atoms with Crippen molar-refractivity contribution in [2.75, 3.05) is 5.32 Å². The molecule has 0 fully saturated rings. The van der Waals surface area contributed by atoms with Gasteiger partial charge in [-0.1, -0.05) is 17.7 Å². The van der Waals surface area contributed by atoms with Crippen molar-refractivity contribution >= 4 is 17.3 Å². The molecule has 0 aliphatic carbocycles. The van der Waals surface area contributed by atoms with Gasteiger partial charge >= 0.3 is 0 Å². The Morgan fingerprint density at radius 2 is 2.14 bits per heavy atom. The maximum absolute atomic E-state index is 6.32. The van der Waals surface area contributed by atoms with Crippen LogP contribution >= 0.6 is 11.6 Å². The van der Waals surface area contributed by atoms with Gasteiger partial charge in [-0.25, -0.2) is 4.68 Å². The van der Waals surface area contributed by atoms with Gasteiger partial charge in [0.15, 0.2) is 0 Å². The summed E-state index contributed by atoms with van der Waals surface area (Å²) in [7, 11) is 1.92. The van der Waals surface area contributed by atoms with E-state index in [1.807, 2.05) is 55.3 Å². The highest BCUT2D eigenvalue weighted by Crippen LogP contribution is 2.28. The fraction of sp³-hybridized carbons (Fsp3) is 0.200. The fourth-order valence-electron chi connectivity index (χ4n) is 2.30. The number of nitrogens with zero attached hydrogens (tertiary/aromatic N) is 4. The van der Waals surface area contributed by atoms with Crippen molar-refractivity contribution in [3.63, 3.8) is 0 Å². The van der Waals surface area contributed by atoms with Crippen LogP contribution in [0.1, 0.15) is 11.3 Å². The predicted octanol–water partition coefficient (Wildman–Crippen LogP) is 3.18. The largest absolute Gasteiger partial charge is 0.379 e. The van der Waals surface area contributed by atoms with Gasteiger partial charge < -0.3 is 5.32 Å². The lowest BCUT2D eigenvalue weighted by Gasteiger charge is -2.13. The molecule has 0 saturated heterocycles. The van der Waals surface area contributed by atoms with Gasteiger partial charge in [0.05, 0.1) is 16.4 Å². The van der Waals surface area contributed by atoms with E-state index >= 15 is 0 Å². The van der Waals surface area contributed by atoms with E-state index < -0.39 is 0 Å². The molecular formula is C15H16ClN5. The first-order valence-corrected chi connectivity index (χ1v) is 7.04. The smallest absolute Gasteiger partial charge is 0.106 e. The molecule has 3 rings (SSSR count). The summed E-state index contributed by atoms with van der Waals surface area (Å²) in [5.74, 6) is 0. The first kappa shape index (κ1) is 13.7. The van der Waals surface area contributed by atoms with Gasteiger partial charge in [-0.3, -0.25) is 4.68 Å². The maximum atomic E-state index is 6.32. The third kappa shape index (κ3) is 2.78. The Bertz CT molecular complexity index is 746. The molecule has 0 amide bonds.